The minimum atomic E-state index is 0.294. The maximum absolute atomic E-state index is 5.80. The van der Waals surface area contributed by atoms with Gasteiger partial charge in [0.2, 0.25) is 5.88 Å². The van der Waals surface area contributed by atoms with Crippen molar-refractivity contribution in [1.29, 1.82) is 0 Å². The minimum Gasteiger partial charge on any atom is -0.439 e. The average Bonchev–Trinajstić information content (AvgIpc) is 2.42. The molecule has 1 aromatic carbocycles. The molecule has 19 heavy (non-hydrogen) atoms. The van der Waals surface area contributed by atoms with Crippen molar-refractivity contribution in [3.05, 3.63) is 53.2 Å². The van der Waals surface area contributed by atoms with E-state index >= 15 is 0 Å². The Kier molecular flexibility index (Phi) is 4.17. The third-order valence-corrected chi connectivity index (χ3v) is 3.24. The van der Waals surface area contributed by atoms with Crippen LogP contribution >= 0.6 is 0 Å². The number of pyridine rings is 1. The van der Waals surface area contributed by atoms with Gasteiger partial charge in [0.1, 0.15) is 5.75 Å². The molecule has 0 saturated carbocycles. The Labute approximate surface area is 114 Å². The Morgan fingerprint density at radius 2 is 1.95 bits per heavy atom. The summed E-state index contributed by atoms with van der Waals surface area (Å²) < 4.78 is 5.80. The van der Waals surface area contributed by atoms with E-state index in [2.05, 4.69) is 30.2 Å². The van der Waals surface area contributed by atoms with E-state index < -0.39 is 0 Å². The van der Waals surface area contributed by atoms with Gasteiger partial charge in [-0.25, -0.2) is 4.98 Å². The van der Waals surface area contributed by atoms with Crippen LogP contribution in [0.5, 0.6) is 11.6 Å². The normalized spacial score (nSPS) is 12.2. The van der Waals surface area contributed by atoms with Crippen LogP contribution in [0.2, 0.25) is 0 Å². The second-order valence-corrected chi connectivity index (χ2v) is 4.81. The molecule has 0 aliphatic carbocycles. The zero-order chi connectivity index (χ0) is 13.8. The van der Waals surface area contributed by atoms with Gasteiger partial charge in [0.05, 0.1) is 0 Å². The van der Waals surface area contributed by atoms with Gasteiger partial charge in [-0.15, -0.1) is 0 Å². The van der Waals surface area contributed by atoms with E-state index in [1.54, 1.807) is 0 Å². The van der Waals surface area contributed by atoms with Crippen LogP contribution in [0.15, 0.2) is 36.5 Å². The first-order valence-electron chi connectivity index (χ1n) is 6.48. The van der Waals surface area contributed by atoms with Crippen LogP contribution in [0.3, 0.4) is 0 Å². The maximum atomic E-state index is 5.80. The molecule has 2 rings (SSSR count). The number of hydrogen-bond donors (Lipinski definition) is 1. The van der Waals surface area contributed by atoms with Crippen LogP contribution in [0, 0.1) is 13.8 Å². The molecule has 0 aliphatic rings. The van der Waals surface area contributed by atoms with Crippen molar-refractivity contribution < 1.29 is 4.74 Å². The Hall–Kier alpha value is -1.87. The molecule has 100 valence electrons. The SMILES string of the molecule is CNC(C)c1ccc(Oc2ccc(C)cc2C)nc1. The topological polar surface area (TPSA) is 34.1 Å². The Bertz CT molecular complexity index is 549. The number of aryl methyl sites for hydroxylation is 2. The van der Waals surface area contributed by atoms with Gasteiger partial charge in [0, 0.05) is 18.3 Å². The second-order valence-electron chi connectivity index (χ2n) is 4.81. The Morgan fingerprint density at radius 3 is 2.53 bits per heavy atom. The van der Waals surface area contributed by atoms with Crippen molar-refractivity contribution >= 4 is 0 Å². The van der Waals surface area contributed by atoms with Gasteiger partial charge in [0.15, 0.2) is 0 Å². The highest BCUT2D eigenvalue weighted by Gasteiger charge is 2.05. The lowest BCUT2D eigenvalue weighted by Gasteiger charge is -2.12. The fourth-order valence-corrected chi connectivity index (χ4v) is 1.90. The van der Waals surface area contributed by atoms with Gasteiger partial charge < -0.3 is 10.1 Å². The lowest BCUT2D eigenvalue weighted by molar-refractivity contribution is 0.458. The van der Waals surface area contributed by atoms with Gasteiger partial charge in [-0.05, 0) is 45.0 Å². The van der Waals surface area contributed by atoms with Gasteiger partial charge >= 0.3 is 0 Å². The summed E-state index contributed by atoms with van der Waals surface area (Å²) in [6.07, 6.45) is 1.85. The van der Waals surface area contributed by atoms with Crippen molar-refractivity contribution in [3.63, 3.8) is 0 Å². The molecular weight excluding hydrogens is 236 g/mol. The smallest absolute Gasteiger partial charge is 0.219 e. The molecule has 0 radical (unpaired) electrons. The number of nitrogens with one attached hydrogen (secondary N) is 1. The molecule has 3 nitrogen and oxygen atoms in total. The number of benzene rings is 1. The number of nitrogens with zero attached hydrogens (tertiary/aromatic N) is 1. The minimum absolute atomic E-state index is 0.294. The average molecular weight is 256 g/mol. The van der Waals surface area contributed by atoms with Crippen molar-refractivity contribution in [2.24, 2.45) is 0 Å². The van der Waals surface area contributed by atoms with Gasteiger partial charge in [-0.1, -0.05) is 23.8 Å². The number of aromatic nitrogens is 1. The summed E-state index contributed by atoms with van der Waals surface area (Å²) in [7, 11) is 1.94. The molecule has 0 saturated heterocycles. The third kappa shape index (κ3) is 3.32. The lowest BCUT2D eigenvalue weighted by atomic mass is 10.1. The molecule has 1 N–H and O–H groups in total. The van der Waals surface area contributed by atoms with E-state index in [0.717, 1.165) is 16.9 Å². The summed E-state index contributed by atoms with van der Waals surface area (Å²) in [5.74, 6) is 1.48. The molecular formula is C16H20N2O. The van der Waals surface area contributed by atoms with Crippen LogP contribution < -0.4 is 10.1 Å². The summed E-state index contributed by atoms with van der Waals surface area (Å²) in [5.41, 5.74) is 3.50. The van der Waals surface area contributed by atoms with Crippen LogP contribution in [0.4, 0.5) is 0 Å². The molecule has 0 aliphatic heterocycles. The zero-order valence-corrected chi connectivity index (χ0v) is 11.9. The quantitative estimate of drug-likeness (QED) is 0.904. The van der Waals surface area contributed by atoms with Crippen molar-refractivity contribution in [2.45, 2.75) is 26.8 Å². The highest BCUT2D eigenvalue weighted by atomic mass is 16.5. The van der Waals surface area contributed by atoms with Gasteiger partial charge in [-0.3, -0.25) is 0 Å². The van der Waals surface area contributed by atoms with Crippen molar-refractivity contribution in [3.8, 4) is 11.6 Å². The molecule has 1 aromatic heterocycles. The fraction of sp³-hybridized carbons (Fsp3) is 0.312. The molecule has 1 heterocycles. The van der Waals surface area contributed by atoms with Crippen molar-refractivity contribution in [2.75, 3.05) is 7.05 Å². The highest BCUT2D eigenvalue weighted by molar-refractivity contribution is 5.38. The molecule has 3 heteroatoms. The highest BCUT2D eigenvalue weighted by Crippen LogP contribution is 2.24. The van der Waals surface area contributed by atoms with E-state index in [9.17, 15) is 0 Å². The molecule has 1 atom stereocenters. The predicted molar refractivity (Wildman–Crippen MR) is 77.7 cm³/mol. The van der Waals surface area contributed by atoms with E-state index in [0.29, 0.717) is 11.9 Å². The van der Waals surface area contributed by atoms with Crippen molar-refractivity contribution in [1.82, 2.24) is 10.3 Å². The monoisotopic (exact) mass is 256 g/mol. The second kappa shape index (κ2) is 5.85. The molecule has 0 amide bonds. The lowest BCUT2D eigenvalue weighted by Crippen LogP contribution is -2.12. The fourth-order valence-electron chi connectivity index (χ4n) is 1.90. The standard InChI is InChI=1S/C16H20N2O/c1-11-5-7-15(12(2)9-11)19-16-8-6-14(10-18-16)13(3)17-4/h5-10,13,17H,1-4H3. The number of rotatable bonds is 4. The van der Waals surface area contributed by atoms with Gasteiger partial charge in [-0.2, -0.15) is 0 Å². The largest absolute Gasteiger partial charge is 0.439 e. The molecule has 0 bridgehead atoms. The van der Waals surface area contributed by atoms with Crippen LogP contribution in [0.25, 0.3) is 0 Å². The molecule has 0 spiro atoms. The first-order valence-corrected chi connectivity index (χ1v) is 6.48. The summed E-state index contributed by atoms with van der Waals surface area (Å²) in [6, 6.07) is 10.4. The summed E-state index contributed by atoms with van der Waals surface area (Å²) in [4.78, 5) is 4.34. The zero-order valence-electron chi connectivity index (χ0n) is 11.9. The molecule has 2 aromatic rings. The van der Waals surface area contributed by atoms with Crippen LogP contribution in [0.1, 0.15) is 29.7 Å². The molecule has 1 unspecified atom stereocenters. The van der Waals surface area contributed by atoms with E-state index in [1.807, 2.05) is 44.4 Å². The van der Waals surface area contributed by atoms with Crippen LogP contribution in [-0.4, -0.2) is 12.0 Å². The van der Waals surface area contributed by atoms with E-state index in [4.69, 9.17) is 4.74 Å². The third-order valence-electron chi connectivity index (χ3n) is 3.24. The van der Waals surface area contributed by atoms with E-state index in [-0.39, 0.29) is 0 Å². The first-order chi connectivity index (χ1) is 9.10. The number of ether oxygens (including phenoxy) is 1. The Balaban J connectivity index is 2.15. The first kappa shape index (κ1) is 13.6. The molecule has 0 fully saturated rings. The number of hydrogen-bond acceptors (Lipinski definition) is 3. The summed E-state index contributed by atoms with van der Waals surface area (Å²) >= 11 is 0. The van der Waals surface area contributed by atoms with E-state index in [1.165, 1.54) is 5.56 Å². The van der Waals surface area contributed by atoms with Crippen LogP contribution in [-0.2, 0) is 0 Å². The maximum Gasteiger partial charge on any atom is 0.219 e. The Morgan fingerprint density at radius 1 is 1.16 bits per heavy atom. The predicted octanol–water partition coefficient (Wildman–Crippen LogP) is 3.77. The summed E-state index contributed by atoms with van der Waals surface area (Å²) in [6.45, 7) is 6.21. The summed E-state index contributed by atoms with van der Waals surface area (Å²) in [5, 5.41) is 3.18. The van der Waals surface area contributed by atoms with Gasteiger partial charge in [0.25, 0.3) is 0 Å².